The summed E-state index contributed by atoms with van der Waals surface area (Å²) in [6.45, 7) is 3.94. The van der Waals surface area contributed by atoms with Crippen LogP contribution in [0.4, 0.5) is 0 Å². The van der Waals surface area contributed by atoms with E-state index in [4.69, 9.17) is 9.47 Å². The lowest BCUT2D eigenvalue weighted by atomic mass is 9.72. The fraction of sp³-hybridized carbons (Fsp3) is 0.650. The Hall–Kier alpha value is -1.99. The molecule has 7 nitrogen and oxygen atoms in total. The van der Waals surface area contributed by atoms with Crippen LogP contribution in [-0.2, 0) is 25.6 Å². The largest absolute Gasteiger partial charge is 0.382 e. The summed E-state index contributed by atoms with van der Waals surface area (Å²) in [6, 6.07) is 3.92. The predicted octanol–water partition coefficient (Wildman–Crippen LogP) is 1.48. The van der Waals surface area contributed by atoms with Crippen LogP contribution >= 0.6 is 0 Å². The molecule has 0 aliphatic carbocycles. The molecule has 2 aliphatic heterocycles. The van der Waals surface area contributed by atoms with Crippen molar-refractivity contribution < 1.29 is 19.1 Å². The minimum atomic E-state index is 0.0430. The van der Waals surface area contributed by atoms with E-state index in [2.05, 4.69) is 4.98 Å². The Bertz CT molecular complexity index is 629. The third-order valence-electron chi connectivity index (χ3n) is 5.71. The maximum Gasteiger partial charge on any atom is 0.248 e. The molecule has 0 aromatic carbocycles. The van der Waals surface area contributed by atoms with Crippen LogP contribution in [0.25, 0.3) is 0 Å². The van der Waals surface area contributed by atoms with Gasteiger partial charge in [-0.1, -0.05) is 0 Å². The maximum atomic E-state index is 12.4. The average molecular weight is 375 g/mol. The molecule has 27 heavy (non-hydrogen) atoms. The molecule has 7 heteroatoms. The number of methoxy groups -OCH3 is 1. The molecule has 148 valence electrons. The molecular weight excluding hydrogens is 346 g/mol. The number of nitrogens with zero attached hydrogens (tertiary/aromatic N) is 3. The summed E-state index contributed by atoms with van der Waals surface area (Å²) in [5, 5.41) is 0. The molecule has 0 N–H and O–H groups in total. The summed E-state index contributed by atoms with van der Waals surface area (Å²) >= 11 is 0. The van der Waals surface area contributed by atoms with Crippen LogP contribution in [-0.4, -0.2) is 73.2 Å². The third-order valence-corrected chi connectivity index (χ3v) is 5.71. The highest BCUT2D eigenvalue weighted by Crippen LogP contribution is 2.40. The second kappa shape index (κ2) is 9.28. The summed E-state index contributed by atoms with van der Waals surface area (Å²) in [4.78, 5) is 32.6. The van der Waals surface area contributed by atoms with E-state index in [9.17, 15) is 9.59 Å². The lowest BCUT2D eigenvalue weighted by molar-refractivity contribution is -0.145. The van der Waals surface area contributed by atoms with Crippen molar-refractivity contribution in [3.63, 3.8) is 0 Å². The van der Waals surface area contributed by atoms with E-state index in [1.807, 2.05) is 21.9 Å². The molecule has 2 aliphatic rings. The zero-order chi connectivity index (χ0) is 19.1. The van der Waals surface area contributed by atoms with Gasteiger partial charge >= 0.3 is 0 Å². The van der Waals surface area contributed by atoms with Crippen LogP contribution in [0, 0.1) is 5.41 Å². The van der Waals surface area contributed by atoms with Gasteiger partial charge in [-0.05, 0) is 42.4 Å². The molecule has 0 bridgehead atoms. The number of piperidine rings is 2. The first-order valence-electron chi connectivity index (χ1n) is 9.63. The van der Waals surface area contributed by atoms with Gasteiger partial charge in [0.15, 0.2) is 0 Å². The highest BCUT2D eigenvalue weighted by Gasteiger charge is 2.41. The number of ether oxygens (including phenoxy) is 2. The van der Waals surface area contributed by atoms with Crippen LogP contribution in [0.3, 0.4) is 0 Å². The van der Waals surface area contributed by atoms with E-state index in [-0.39, 0.29) is 23.8 Å². The zero-order valence-corrected chi connectivity index (χ0v) is 16.1. The molecular formula is C20H29N3O4. The minimum Gasteiger partial charge on any atom is -0.382 e. The fourth-order valence-corrected chi connectivity index (χ4v) is 3.99. The Balaban J connectivity index is 1.51. The number of likely N-dealkylation sites (tertiary alicyclic amines) is 2. The molecule has 0 saturated carbocycles. The van der Waals surface area contributed by atoms with Gasteiger partial charge in [-0.2, -0.15) is 0 Å². The second-order valence-corrected chi connectivity index (χ2v) is 7.53. The number of aromatic nitrogens is 1. The van der Waals surface area contributed by atoms with E-state index in [0.29, 0.717) is 26.2 Å². The number of pyridine rings is 1. The lowest BCUT2D eigenvalue weighted by Crippen LogP contribution is -2.52. The van der Waals surface area contributed by atoms with Crippen molar-refractivity contribution in [2.75, 3.05) is 46.6 Å². The summed E-state index contributed by atoms with van der Waals surface area (Å²) in [5.41, 5.74) is 1.24. The van der Waals surface area contributed by atoms with E-state index in [1.54, 1.807) is 19.5 Å². The van der Waals surface area contributed by atoms with Gasteiger partial charge in [0.2, 0.25) is 11.8 Å². The number of carbonyl (C=O) groups is 2. The summed E-state index contributed by atoms with van der Waals surface area (Å²) in [6.07, 6.45) is 6.93. The van der Waals surface area contributed by atoms with Crippen molar-refractivity contribution in [2.24, 2.45) is 5.41 Å². The topological polar surface area (TPSA) is 72.0 Å². The number of hydrogen-bond acceptors (Lipinski definition) is 5. The molecule has 2 amide bonds. The summed E-state index contributed by atoms with van der Waals surface area (Å²) < 4.78 is 10.3. The van der Waals surface area contributed by atoms with Crippen LogP contribution in [0.2, 0.25) is 0 Å². The number of carbonyl (C=O) groups excluding carboxylic acids is 2. The number of hydrogen-bond donors (Lipinski definition) is 0. The summed E-state index contributed by atoms with van der Waals surface area (Å²) in [7, 11) is 1.61. The predicted molar refractivity (Wildman–Crippen MR) is 99.8 cm³/mol. The zero-order valence-electron chi connectivity index (χ0n) is 16.1. The number of rotatable bonds is 7. The molecule has 2 saturated heterocycles. The van der Waals surface area contributed by atoms with E-state index in [1.165, 1.54) is 0 Å². The third kappa shape index (κ3) is 5.26. The van der Waals surface area contributed by atoms with Gasteiger partial charge in [0.05, 0.1) is 13.2 Å². The van der Waals surface area contributed by atoms with Crippen molar-refractivity contribution in [3.8, 4) is 0 Å². The van der Waals surface area contributed by atoms with Crippen LogP contribution in [0.15, 0.2) is 24.5 Å². The highest BCUT2D eigenvalue weighted by molar-refractivity contribution is 5.78. The van der Waals surface area contributed by atoms with E-state index in [0.717, 1.165) is 44.5 Å². The normalized spacial score (nSPS) is 19.5. The Kier molecular flexibility index (Phi) is 6.79. The smallest absolute Gasteiger partial charge is 0.248 e. The van der Waals surface area contributed by atoms with Crippen LogP contribution in [0.5, 0.6) is 0 Å². The van der Waals surface area contributed by atoms with Crippen molar-refractivity contribution in [1.82, 2.24) is 14.8 Å². The second-order valence-electron chi connectivity index (χ2n) is 7.53. The molecule has 3 rings (SSSR count). The van der Waals surface area contributed by atoms with Crippen molar-refractivity contribution in [2.45, 2.75) is 32.2 Å². The van der Waals surface area contributed by atoms with Gasteiger partial charge in [0.1, 0.15) is 6.61 Å². The average Bonchev–Trinajstić information content (AvgIpc) is 2.69. The fourth-order valence-electron chi connectivity index (χ4n) is 3.99. The molecule has 0 atom stereocenters. The molecule has 0 unspecified atom stereocenters. The Morgan fingerprint density at radius 3 is 2.63 bits per heavy atom. The van der Waals surface area contributed by atoms with Gasteiger partial charge in [0, 0.05) is 52.1 Å². The van der Waals surface area contributed by atoms with Gasteiger partial charge in [0.25, 0.3) is 0 Å². The van der Waals surface area contributed by atoms with Gasteiger partial charge in [-0.15, -0.1) is 0 Å². The summed E-state index contributed by atoms with van der Waals surface area (Å²) in [5.74, 6) is 0.268. The Labute approximate surface area is 160 Å². The Morgan fingerprint density at radius 1 is 1.19 bits per heavy atom. The van der Waals surface area contributed by atoms with E-state index < -0.39 is 0 Å². The van der Waals surface area contributed by atoms with Gasteiger partial charge in [-0.3, -0.25) is 14.6 Å². The minimum absolute atomic E-state index is 0.0430. The quantitative estimate of drug-likeness (QED) is 0.675. The maximum absolute atomic E-state index is 12.4. The Morgan fingerprint density at radius 2 is 1.93 bits per heavy atom. The van der Waals surface area contributed by atoms with Crippen LogP contribution in [0.1, 0.15) is 31.2 Å². The monoisotopic (exact) mass is 375 g/mol. The molecule has 0 radical (unpaired) electrons. The molecule has 2 fully saturated rings. The molecule has 1 aromatic heterocycles. The highest BCUT2D eigenvalue weighted by atomic mass is 16.5. The van der Waals surface area contributed by atoms with Crippen molar-refractivity contribution in [1.29, 1.82) is 0 Å². The lowest BCUT2D eigenvalue weighted by Gasteiger charge is -2.47. The first-order chi connectivity index (χ1) is 13.1. The van der Waals surface area contributed by atoms with Crippen molar-refractivity contribution >= 4 is 11.8 Å². The standard InChI is InChI=1S/C20H29N3O4/c1-26-12-13-27-15-19(25)22-10-6-20(7-11-22)5-2-18(24)23(16-20)14-17-3-8-21-9-4-17/h3-4,8-9H,2,5-7,10-16H2,1H3. The molecule has 1 spiro atoms. The molecule has 3 heterocycles. The van der Waals surface area contributed by atoms with Crippen LogP contribution < -0.4 is 0 Å². The van der Waals surface area contributed by atoms with E-state index >= 15 is 0 Å². The van der Waals surface area contributed by atoms with Crippen molar-refractivity contribution in [3.05, 3.63) is 30.1 Å². The number of amides is 2. The van der Waals surface area contributed by atoms with Gasteiger partial charge < -0.3 is 19.3 Å². The first kappa shape index (κ1) is 19.8. The molecule has 1 aromatic rings. The first-order valence-corrected chi connectivity index (χ1v) is 9.63. The van der Waals surface area contributed by atoms with Gasteiger partial charge in [-0.25, -0.2) is 0 Å². The SMILES string of the molecule is COCCOCC(=O)N1CCC2(CCC(=O)N(Cc3ccncc3)C2)CC1.